The number of hydrogen-bond acceptors (Lipinski definition) is 4. The second-order valence-corrected chi connectivity index (χ2v) is 7.50. The van der Waals surface area contributed by atoms with E-state index in [1.807, 2.05) is 37.1 Å². The Hall–Kier alpha value is -3.15. The molecule has 6 nitrogen and oxygen atoms in total. The van der Waals surface area contributed by atoms with Gasteiger partial charge < -0.3 is 9.64 Å². The van der Waals surface area contributed by atoms with Crippen molar-refractivity contribution in [1.29, 1.82) is 0 Å². The van der Waals surface area contributed by atoms with Crippen molar-refractivity contribution >= 4 is 16.9 Å². The minimum atomic E-state index is 0.128. The van der Waals surface area contributed by atoms with Crippen LogP contribution in [-0.4, -0.2) is 45.8 Å². The fraction of sp³-hybridized carbons (Fsp3) is 0.375. The van der Waals surface area contributed by atoms with E-state index in [1.165, 1.54) is 5.56 Å². The highest BCUT2D eigenvalue weighted by Gasteiger charge is 2.19. The Morgan fingerprint density at radius 1 is 1.23 bits per heavy atom. The molecule has 3 rings (SSSR count). The summed E-state index contributed by atoms with van der Waals surface area (Å²) in [5, 5.41) is 5.31. The van der Waals surface area contributed by atoms with Crippen LogP contribution in [0, 0.1) is 13.8 Å². The molecule has 0 aliphatic rings. The first kappa shape index (κ1) is 21.6. The van der Waals surface area contributed by atoms with E-state index in [2.05, 4.69) is 30.7 Å². The summed E-state index contributed by atoms with van der Waals surface area (Å²) < 4.78 is 7.17. The zero-order valence-corrected chi connectivity index (χ0v) is 18.3. The van der Waals surface area contributed by atoms with Gasteiger partial charge in [-0.15, -0.1) is 11.7 Å². The molecule has 0 aliphatic carbocycles. The van der Waals surface area contributed by atoms with Crippen molar-refractivity contribution in [3.8, 4) is 5.88 Å². The van der Waals surface area contributed by atoms with Crippen LogP contribution in [0.1, 0.15) is 28.8 Å². The molecule has 0 atom stereocenters. The van der Waals surface area contributed by atoms with E-state index in [9.17, 15) is 4.79 Å². The smallest absolute Gasteiger partial charge is 0.242 e. The lowest BCUT2D eigenvalue weighted by molar-refractivity contribution is -0.130. The normalized spacial score (nSPS) is 10.9. The molecule has 2 aromatic heterocycles. The van der Waals surface area contributed by atoms with Gasteiger partial charge >= 0.3 is 0 Å². The molecule has 0 bridgehead atoms. The van der Waals surface area contributed by atoms with Crippen molar-refractivity contribution < 1.29 is 9.53 Å². The predicted molar refractivity (Wildman–Crippen MR) is 120 cm³/mol. The third-order valence-electron chi connectivity index (χ3n) is 5.52. The molecule has 158 valence electrons. The van der Waals surface area contributed by atoms with Crippen LogP contribution in [0.3, 0.4) is 0 Å². The van der Waals surface area contributed by atoms with Crippen LogP contribution in [0.2, 0.25) is 0 Å². The summed E-state index contributed by atoms with van der Waals surface area (Å²) >= 11 is 0. The van der Waals surface area contributed by atoms with Crippen molar-refractivity contribution in [2.24, 2.45) is 7.05 Å². The van der Waals surface area contributed by atoms with E-state index in [0.717, 1.165) is 34.3 Å². The largest absolute Gasteiger partial charge is 0.479 e. The maximum Gasteiger partial charge on any atom is 0.242 e. The molecular weight excluding hydrogens is 376 g/mol. The molecule has 1 aromatic carbocycles. The molecular formula is C24H30N4O2. The molecule has 0 unspecified atom stereocenters. The average Bonchev–Trinajstić information content (AvgIpc) is 3.07. The van der Waals surface area contributed by atoms with Crippen molar-refractivity contribution in [2.45, 2.75) is 33.1 Å². The number of pyridine rings is 1. The fourth-order valence-corrected chi connectivity index (χ4v) is 3.88. The van der Waals surface area contributed by atoms with Crippen molar-refractivity contribution in [3.63, 3.8) is 0 Å². The Kier molecular flexibility index (Phi) is 6.87. The number of amides is 1. The van der Waals surface area contributed by atoms with Gasteiger partial charge in [-0.05, 0) is 43.4 Å². The maximum atomic E-state index is 13.0. The second-order valence-electron chi connectivity index (χ2n) is 7.50. The fourth-order valence-electron chi connectivity index (χ4n) is 3.88. The van der Waals surface area contributed by atoms with Crippen LogP contribution in [0.4, 0.5) is 0 Å². The lowest BCUT2D eigenvalue weighted by atomic mass is 10.00. The van der Waals surface area contributed by atoms with Gasteiger partial charge in [0.1, 0.15) is 0 Å². The Balaban J connectivity index is 1.74. The van der Waals surface area contributed by atoms with Crippen LogP contribution in [-0.2, 0) is 24.7 Å². The zero-order valence-electron chi connectivity index (χ0n) is 18.3. The lowest BCUT2D eigenvalue weighted by Gasteiger charge is -2.22. The van der Waals surface area contributed by atoms with Gasteiger partial charge in [0, 0.05) is 32.3 Å². The quantitative estimate of drug-likeness (QED) is 0.508. The highest BCUT2D eigenvalue weighted by atomic mass is 16.5. The van der Waals surface area contributed by atoms with E-state index in [0.29, 0.717) is 31.8 Å². The Morgan fingerprint density at radius 2 is 1.97 bits per heavy atom. The van der Waals surface area contributed by atoms with E-state index in [1.54, 1.807) is 17.9 Å². The molecule has 3 aromatic rings. The van der Waals surface area contributed by atoms with E-state index in [4.69, 9.17) is 9.72 Å². The number of carbonyl (C=O) groups is 1. The summed E-state index contributed by atoms with van der Waals surface area (Å²) in [4.78, 5) is 19.6. The summed E-state index contributed by atoms with van der Waals surface area (Å²) in [6.45, 7) is 9.09. The van der Waals surface area contributed by atoms with Crippen LogP contribution >= 0.6 is 0 Å². The summed E-state index contributed by atoms with van der Waals surface area (Å²) in [6.07, 6.45) is 3.68. The number of carbonyl (C=O) groups excluding carboxylic acids is 1. The molecule has 0 radical (unpaired) electrons. The van der Waals surface area contributed by atoms with Gasteiger partial charge in [0.15, 0.2) is 5.65 Å². The average molecular weight is 407 g/mol. The van der Waals surface area contributed by atoms with Gasteiger partial charge in [-0.2, -0.15) is 0 Å². The number of hydrogen-bond donors (Lipinski definition) is 0. The van der Waals surface area contributed by atoms with E-state index in [-0.39, 0.29) is 5.91 Å². The third kappa shape index (κ3) is 4.53. The topological polar surface area (TPSA) is 60.3 Å². The standard InChI is InChI=1S/C24H30N4O2/c1-6-15-28(16-14-19-10-8-7-9-11-19)21(29)13-12-20-17(2)22-23(25-18(20)3)27(4)26-24(22)30-5/h6-11H,1,12-16H2,2-5H3. The third-order valence-corrected chi connectivity index (χ3v) is 5.52. The maximum absolute atomic E-state index is 13.0. The second kappa shape index (κ2) is 9.57. The van der Waals surface area contributed by atoms with Gasteiger partial charge in [-0.25, -0.2) is 9.67 Å². The van der Waals surface area contributed by atoms with Gasteiger partial charge in [0.2, 0.25) is 11.8 Å². The monoisotopic (exact) mass is 406 g/mol. The highest BCUT2D eigenvalue weighted by Crippen LogP contribution is 2.30. The minimum Gasteiger partial charge on any atom is -0.479 e. The molecule has 1 amide bonds. The van der Waals surface area contributed by atoms with E-state index >= 15 is 0 Å². The number of aryl methyl sites for hydroxylation is 3. The Bertz CT molecular complexity index is 1040. The molecule has 2 heterocycles. The molecule has 0 saturated heterocycles. The highest BCUT2D eigenvalue weighted by molar-refractivity contribution is 5.86. The number of fused-ring (bicyclic) bond motifs is 1. The number of methoxy groups -OCH3 is 1. The molecule has 0 N–H and O–H groups in total. The van der Waals surface area contributed by atoms with Crippen LogP contribution in [0.5, 0.6) is 5.88 Å². The number of aromatic nitrogens is 3. The van der Waals surface area contributed by atoms with Crippen molar-refractivity contribution in [2.75, 3.05) is 20.2 Å². The first-order valence-corrected chi connectivity index (χ1v) is 10.3. The first-order chi connectivity index (χ1) is 14.5. The molecule has 0 spiro atoms. The predicted octanol–water partition coefficient (Wildman–Crippen LogP) is 3.78. The Labute approximate surface area is 178 Å². The summed E-state index contributed by atoms with van der Waals surface area (Å²) in [5.41, 5.74) is 5.12. The van der Waals surface area contributed by atoms with Crippen LogP contribution < -0.4 is 4.74 Å². The number of benzene rings is 1. The van der Waals surface area contributed by atoms with Crippen LogP contribution in [0.25, 0.3) is 11.0 Å². The molecule has 0 saturated carbocycles. The summed E-state index contributed by atoms with van der Waals surface area (Å²) in [6, 6.07) is 10.2. The first-order valence-electron chi connectivity index (χ1n) is 10.3. The SMILES string of the molecule is C=CCN(CCc1ccccc1)C(=O)CCc1c(C)nc2c(c(OC)nn2C)c1C. The van der Waals surface area contributed by atoms with Gasteiger partial charge in [-0.1, -0.05) is 36.4 Å². The molecule has 0 fully saturated rings. The lowest BCUT2D eigenvalue weighted by Crippen LogP contribution is -2.33. The van der Waals surface area contributed by atoms with Gasteiger partial charge in [0.25, 0.3) is 0 Å². The Morgan fingerprint density at radius 3 is 2.63 bits per heavy atom. The van der Waals surface area contributed by atoms with Crippen LogP contribution in [0.15, 0.2) is 43.0 Å². The van der Waals surface area contributed by atoms with E-state index < -0.39 is 0 Å². The number of nitrogens with zero attached hydrogens (tertiary/aromatic N) is 4. The van der Waals surface area contributed by atoms with Gasteiger partial charge in [0.05, 0.1) is 12.5 Å². The number of ether oxygens (including phenoxy) is 1. The van der Waals surface area contributed by atoms with Gasteiger partial charge in [-0.3, -0.25) is 4.79 Å². The van der Waals surface area contributed by atoms with Crippen molar-refractivity contribution in [1.82, 2.24) is 19.7 Å². The molecule has 0 aliphatic heterocycles. The summed E-state index contributed by atoms with van der Waals surface area (Å²) in [5.74, 6) is 0.698. The molecule has 6 heteroatoms. The summed E-state index contributed by atoms with van der Waals surface area (Å²) in [7, 11) is 3.48. The zero-order chi connectivity index (χ0) is 21.7. The van der Waals surface area contributed by atoms with Crippen molar-refractivity contribution in [3.05, 3.63) is 65.4 Å². The minimum absolute atomic E-state index is 0.128. The number of rotatable bonds is 9. The molecule has 30 heavy (non-hydrogen) atoms.